The van der Waals surface area contributed by atoms with Gasteiger partial charge in [-0.05, 0) is 38.7 Å². The van der Waals surface area contributed by atoms with Gasteiger partial charge in [0.25, 0.3) is 11.5 Å². The van der Waals surface area contributed by atoms with Crippen LogP contribution >= 0.6 is 0 Å². The van der Waals surface area contributed by atoms with Gasteiger partial charge in [-0.3, -0.25) is 9.59 Å². The Hall–Kier alpha value is -2.99. The molecule has 1 aliphatic rings. The zero-order valence-corrected chi connectivity index (χ0v) is 16.3. The number of benzene rings is 2. The summed E-state index contributed by atoms with van der Waals surface area (Å²) in [6, 6.07) is 15.8. The highest BCUT2D eigenvalue weighted by molar-refractivity contribution is 5.93. The first-order valence-corrected chi connectivity index (χ1v) is 9.45. The van der Waals surface area contributed by atoms with Crippen molar-refractivity contribution < 1.29 is 4.79 Å². The molecule has 28 heavy (non-hydrogen) atoms. The van der Waals surface area contributed by atoms with Crippen LogP contribution in [0, 0.1) is 6.92 Å². The molecule has 1 aromatic heterocycles. The number of aromatic nitrogens is 2. The second-order valence-electron chi connectivity index (χ2n) is 7.69. The minimum Gasteiger partial charge on any atom is -0.334 e. The average Bonchev–Trinajstić information content (AvgIpc) is 3.13. The van der Waals surface area contributed by atoms with Gasteiger partial charge in [-0.2, -0.15) is 0 Å². The van der Waals surface area contributed by atoms with E-state index in [-0.39, 0.29) is 29.3 Å². The van der Waals surface area contributed by atoms with E-state index in [1.165, 1.54) is 11.1 Å². The Labute approximate surface area is 163 Å². The number of hydrogen-bond acceptors (Lipinski definition) is 4. The Morgan fingerprint density at radius 1 is 1.11 bits per heavy atom. The number of carbonyl (C=O) groups excluding carboxylic acids is 1. The highest BCUT2D eigenvalue weighted by Crippen LogP contribution is 2.31. The molecule has 6 heteroatoms. The second-order valence-corrected chi connectivity index (χ2v) is 7.69. The van der Waals surface area contributed by atoms with Gasteiger partial charge in [-0.1, -0.05) is 42.0 Å². The zero-order valence-electron chi connectivity index (χ0n) is 16.3. The molecule has 4 rings (SSSR count). The van der Waals surface area contributed by atoms with Gasteiger partial charge in [-0.25, -0.2) is 4.98 Å². The predicted octanol–water partition coefficient (Wildman–Crippen LogP) is 2.40. The smallest absolute Gasteiger partial charge is 0.289 e. The van der Waals surface area contributed by atoms with Gasteiger partial charge in [0.15, 0.2) is 5.82 Å². The molecular weight excluding hydrogens is 352 g/mol. The number of nitrogens with one attached hydrogen (secondary N) is 1. The van der Waals surface area contributed by atoms with Crippen LogP contribution in [0.4, 0.5) is 0 Å². The van der Waals surface area contributed by atoms with E-state index in [2.05, 4.69) is 46.1 Å². The van der Waals surface area contributed by atoms with E-state index in [0.29, 0.717) is 24.0 Å². The van der Waals surface area contributed by atoms with E-state index in [9.17, 15) is 9.59 Å². The highest BCUT2D eigenvalue weighted by atomic mass is 16.2. The predicted molar refractivity (Wildman–Crippen MR) is 110 cm³/mol. The quantitative estimate of drug-likeness (QED) is 0.762. The van der Waals surface area contributed by atoms with Crippen molar-refractivity contribution >= 4 is 16.8 Å². The summed E-state index contributed by atoms with van der Waals surface area (Å²) in [4.78, 5) is 36.5. The summed E-state index contributed by atoms with van der Waals surface area (Å²) in [6.45, 7) is 3.27. The summed E-state index contributed by atoms with van der Waals surface area (Å²) in [7, 11) is 4.08. The normalized spacial score (nSPS) is 19.5. The van der Waals surface area contributed by atoms with Gasteiger partial charge in [0.2, 0.25) is 0 Å². The highest BCUT2D eigenvalue weighted by Gasteiger charge is 2.38. The lowest BCUT2D eigenvalue weighted by molar-refractivity contribution is 0.0770. The second kappa shape index (κ2) is 7.20. The number of carbonyl (C=O) groups is 1. The molecule has 0 unspecified atom stereocenters. The first-order valence-electron chi connectivity index (χ1n) is 9.45. The fourth-order valence-corrected chi connectivity index (χ4v) is 3.95. The molecule has 1 N–H and O–H groups in total. The number of H-pyrrole nitrogens is 1. The van der Waals surface area contributed by atoms with Crippen LogP contribution in [-0.2, 0) is 0 Å². The molecule has 0 radical (unpaired) electrons. The van der Waals surface area contributed by atoms with Crippen LogP contribution in [0.2, 0.25) is 0 Å². The number of likely N-dealkylation sites (N-methyl/N-ethyl adjacent to an activating group) is 1. The van der Waals surface area contributed by atoms with Gasteiger partial charge >= 0.3 is 0 Å². The van der Waals surface area contributed by atoms with Crippen LogP contribution in [0.3, 0.4) is 0 Å². The first-order chi connectivity index (χ1) is 13.4. The Bertz CT molecular complexity index is 1070. The van der Waals surface area contributed by atoms with Crippen molar-refractivity contribution in [3.63, 3.8) is 0 Å². The number of rotatable bonds is 3. The standard InChI is InChI=1S/C22H24N4O2/c1-14-8-10-15(11-9-14)17-12-26(13-19(17)25(2)3)22(28)20-23-18-7-5-4-6-16(18)21(27)24-20/h4-11,17,19H,12-13H2,1-3H3,(H,23,24,27)/t17-,19+/m0/s1. The largest absolute Gasteiger partial charge is 0.334 e. The molecule has 1 amide bonds. The maximum absolute atomic E-state index is 13.1. The molecule has 2 atom stereocenters. The van der Waals surface area contributed by atoms with Crippen LogP contribution in [0.1, 0.15) is 27.7 Å². The molecule has 1 saturated heterocycles. The molecule has 3 aromatic rings. The fourth-order valence-electron chi connectivity index (χ4n) is 3.95. The topological polar surface area (TPSA) is 69.3 Å². The minimum absolute atomic E-state index is 0.103. The van der Waals surface area contributed by atoms with Gasteiger partial charge in [-0.15, -0.1) is 0 Å². The number of aryl methyl sites for hydroxylation is 1. The molecule has 0 saturated carbocycles. The Balaban J connectivity index is 1.65. The lowest BCUT2D eigenvalue weighted by Gasteiger charge is -2.25. The summed E-state index contributed by atoms with van der Waals surface area (Å²) in [6.07, 6.45) is 0. The third-order valence-corrected chi connectivity index (χ3v) is 5.56. The summed E-state index contributed by atoms with van der Waals surface area (Å²) in [5.74, 6) is 0.0850. The number of hydrogen-bond donors (Lipinski definition) is 1. The van der Waals surface area contributed by atoms with Crippen molar-refractivity contribution in [3.05, 3.63) is 75.8 Å². The number of aromatic amines is 1. The SMILES string of the molecule is Cc1ccc([C@@H]2CN(C(=O)c3nc4ccccc4c(=O)[nH]3)C[C@H]2N(C)C)cc1. The third-order valence-electron chi connectivity index (χ3n) is 5.56. The van der Waals surface area contributed by atoms with Crippen molar-refractivity contribution in [2.75, 3.05) is 27.2 Å². The van der Waals surface area contributed by atoms with Crippen LogP contribution in [-0.4, -0.2) is 58.9 Å². The Morgan fingerprint density at radius 3 is 2.54 bits per heavy atom. The molecular formula is C22H24N4O2. The molecule has 0 spiro atoms. The van der Waals surface area contributed by atoms with Gasteiger partial charge in [0.05, 0.1) is 10.9 Å². The molecule has 0 bridgehead atoms. The lowest BCUT2D eigenvalue weighted by atomic mass is 9.93. The molecule has 144 valence electrons. The van der Waals surface area contributed by atoms with Gasteiger partial charge < -0.3 is 14.8 Å². The summed E-state index contributed by atoms with van der Waals surface area (Å²) in [5, 5.41) is 0.490. The van der Waals surface area contributed by atoms with Crippen molar-refractivity contribution in [3.8, 4) is 0 Å². The maximum atomic E-state index is 13.1. The van der Waals surface area contributed by atoms with E-state index in [1.54, 1.807) is 23.1 Å². The lowest BCUT2D eigenvalue weighted by Crippen LogP contribution is -2.36. The summed E-state index contributed by atoms with van der Waals surface area (Å²) < 4.78 is 0. The first kappa shape index (κ1) is 18.4. The number of amides is 1. The van der Waals surface area contributed by atoms with Crippen molar-refractivity contribution in [2.24, 2.45) is 0 Å². The van der Waals surface area contributed by atoms with Crippen LogP contribution in [0.25, 0.3) is 10.9 Å². The van der Waals surface area contributed by atoms with Crippen molar-refractivity contribution in [2.45, 2.75) is 18.9 Å². The van der Waals surface area contributed by atoms with Crippen LogP contribution in [0.15, 0.2) is 53.3 Å². The molecule has 2 aromatic carbocycles. The van der Waals surface area contributed by atoms with Crippen LogP contribution in [0.5, 0.6) is 0 Å². The average molecular weight is 376 g/mol. The van der Waals surface area contributed by atoms with E-state index in [4.69, 9.17) is 0 Å². The molecule has 1 fully saturated rings. The van der Waals surface area contributed by atoms with Crippen LogP contribution < -0.4 is 5.56 Å². The van der Waals surface area contributed by atoms with E-state index in [0.717, 1.165) is 0 Å². The summed E-state index contributed by atoms with van der Waals surface area (Å²) in [5.41, 5.74) is 2.69. The Morgan fingerprint density at radius 2 is 1.82 bits per heavy atom. The van der Waals surface area contributed by atoms with Crippen molar-refractivity contribution in [1.82, 2.24) is 19.8 Å². The third kappa shape index (κ3) is 3.31. The molecule has 0 aliphatic carbocycles. The number of fused-ring (bicyclic) bond motifs is 1. The number of nitrogens with zero attached hydrogens (tertiary/aromatic N) is 3. The van der Waals surface area contributed by atoms with E-state index < -0.39 is 0 Å². The molecule has 2 heterocycles. The molecule has 6 nitrogen and oxygen atoms in total. The molecule has 1 aliphatic heterocycles. The Kier molecular flexibility index (Phi) is 4.73. The zero-order chi connectivity index (χ0) is 19.8. The monoisotopic (exact) mass is 376 g/mol. The van der Waals surface area contributed by atoms with Gasteiger partial charge in [0, 0.05) is 25.0 Å². The summed E-state index contributed by atoms with van der Waals surface area (Å²) >= 11 is 0. The number of para-hydroxylation sites is 1. The minimum atomic E-state index is -0.285. The fraction of sp³-hybridized carbons (Fsp3) is 0.318. The van der Waals surface area contributed by atoms with E-state index >= 15 is 0 Å². The maximum Gasteiger partial charge on any atom is 0.289 e. The van der Waals surface area contributed by atoms with Crippen molar-refractivity contribution in [1.29, 1.82) is 0 Å². The van der Waals surface area contributed by atoms with E-state index in [1.807, 2.05) is 20.2 Å². The van der Waals surface area contributed by atoms with Gasteiger partial charge in [0.1, 0.15) is 0 Å². The number of likely N-dealkylation sites (tertiary alicyclic amines) is 1.